The van der Waals surface area contributed by atoms with E-state index in [0.717, 1.165) is 24.9 Å². The van der Waals surface area contributed by atoms with Crippen molar-refractivity contribution in [3.05, 3.63) is 35.9 Å². The third kappa shape index (κ3) is 4.49. The molecular weight excluding hydrogens is 224 g/mol. The highest BCUT2D eigenvalue weighted by atomic mass is 16.2. The number of amides is 1. The van der Waals surface area contributed by atoms with Crippen LogP contribution < -0.4 is 10.6 Å². The Morgan fingerprint density at radius 1 is 1.28 bits per heavy atom. The summed E-state index contributed by atoms with van der Waals surface area (Å²) < 4.78 is 0. The smallest absolute Gasteiger partial charge is 0.241 e. The maximum Gasteiger partial charge on any atom is 0.241 e. The highest BCUT2D eigenvalue weighted by Crippen LogP contribution is 2.12. The Kier molecular flexibility index (Phi) is 6.44. The van der Waals surface area contributed by atoms with Crippen LogP contribution in [0, 0.1) is 5.92 Å². The third-order valence-electron chi connectivity index (χ3n) is 3.32. The summed E-state index contributed by atoms with van der Waals surface area (Å²) in [5.74, 6) is 0.710. The Balaban J connectivity index is 2.48. The van der Waals surface area contributed by atoms with Crippen LogP contribution in [0.25, 0.3) is 0 Å². The van der Waals surface area contributed by atoms with Crippen molar-refractivity contribution in [2.75, 3.05) is 13.6 Å². The minimum atomic E-state index is -0.261. The maximum absolute atomic E-state index is 12.1. The summed E-state index contributed by atoms with van der Waals surface area (Å²) in [4.78, 5) is 12.1. The Labute approximate surface area is 110 Å². The lowest BCUT2D eigenvalue weighted by atomic mass is 10.0. The van der Waals surface area contributed by atoms with Gasteiger partial charge in [-0.25, -0.2) is 0 Å². The summed E-state index contributed by atoms with van der Waals surface area (Å²) in [7, 11) is 1.81. The largest absolute Gasteiger partial charge is 0.354 e. The van der Waals surface area contributed by atoms with Crippen LogP contribution in [0.4, 0.5) is 0 Å². The van der Waals surface area contributed by atoms with Gasteiger partial charge >= 0.3 is 0 Å². The van der Waals surface area contributed by atoms with E-state index in [1.807, 2.05) is 37.4 Å². The summed E-state index contributed by atoms with van der Waals surface area (Å²) >= 11 is 0. The molecule has 100 valence electrons. The van der Waals surface area contributed by atoms with Crippen molar-refractivity contribution in [3.63, 3.8) is 0 Å². The Morgan fingerprint density at radius 2 is 1.94 bits per heavy atom. The number of carbonyl (C=O) groups excluding carboxylic acids is 1. The molecule has 1 aromatic carbocycles. The molecule has 1 aromatic rings. The topological polar surface area (TPSA) is 41.1 Å². The number of hydrogen-bond acceptors (Lipinski definition) is 2. The average molecular weight is 248 g/mol. The first-order valence-corrected chi connectivity index (χ1v) is 6.69. The normalized spacial score (nSPS) is 13.9. The molecule has 0 aliphatic heterocycles. The zero-order chi connectivity index (χ0) is 13.4. The quantitative estimate of drug-likeness (QED) is 0.778. The molecule has 0 saturated heterocycles. The number of rotatable bonds is 7. The van der Waals surface area contributed by atoms with Crippen molar-refractivity contribution >= 4 is 5.91 Å². The van der Waals surface area contributed by atoms with Gasteiger partial charge in [0, 0.05) is 6.54 Å². The third-order valence-corrected chi connectivity index (χ3v) is 3.32. The fraction of sp³-hybridized carbons (Fsp3) is 0.533. The SMILES string of the molecule is CCC(C)CCNC(=O)C(NC)c1ccccc1. The lowest BCUT2D eigenvalue weighted by Gasteiger charge is -2.17. The van der Waals surface area contributed by atoms with Gasteiger partial charge in [0.15, 0.2) is 0 Å². The highest BCUT2D eigenvalue weighted by Gasteiger charge is 2.17. The number of likely N-dealkylation sites (N-methyl/N-ethyl adjacent to an activating group) is 1. The van der Waals surface area contributed by atoms with Gasteiger partial charge in [-0.05, 0) is 24.9 Å². The fourth-order valence-electron chi connectivity index (χ4n) is 1.84. The highest BCUT2D eigenvalue weighted by molar-refractivity contribution is 5.83. The zero-order valence-electron chi connectivity index (χ0n) is 11.6. The Bertz CT molecular complexity index is 351. The molecule has 0 bridgehead atoms. The van der Waals surface area contributed by atoms with E-state index in [-0.39, 0.29) is 11.9 Å². The lowest BCUT2D eigenvalue weighted by Crippen LogP contribution is -2.36. The minimum absolute atomic E-state index is 0.0482. The zero-order valence-corrected chi connectivity index (χ0v) is 11.6. The Morgan fingerprint density at radius 3 is 2.50 bits per heavy atom. The molecule has 18 heavy (non-hydrogen) atoms. The van der Waals surface area contributed by atoms with Crippen LogP contribution in [0.3, 0.4) is 0 Å². The van der Waals surface area contributed by atoms with Crippen LogP contribution in [0.5, 0.6) is 0 Å². The van der Waals surface area contributed by atoms with Gasteiger partial charge in [0.25, 0.3) is 0 Å². The monoisotopic (exact) mass is 248 g/mol. The van der Waals surface area contributed by atoms with Gasteiger partial charge in [0.05, 0.1) is 0 Å². The van der Waals surface area contributed by atoms with Crippen molar-refractivity contribution in [1.29, 1.82) is 0 Å². The molecule has 0 heterocycles. The maximum atomic E-state index is 12.1. The van der Waals surface area contributed by atoms with Gasteiger partial charge in [0.2, 0.25) is 5.91 Å². The van der Waals surface area contributed by atoms with Gasteiger partial charge in [-0.3, -0.25) is 4.79 Å². The van der Waals surface area contributed by atoms with E-state index < -0.39 is 0 Å². The molecule has 1 rings (SSSR count). The van der Waals surface area contributed by atoms with E-state index in [1.54, 1.807) is 0 Å². The van der Waals surface area contributed by atoms with E-state index in [1.165, 1.54) is 0 Å². The molecule has 3 heteroatoms. The molecule has 0 spiro atoms. The van der Waals surface area contributed by atoms with Gasteiger partial charge in [-0.2, -0.15) is 0 Å². The first-order valence-electron chi connectivity index (χ1n) is 6.69. The number of nitrogens with one attached hydrogen (secondary N) is 2. The number of benzene rings is 1. The van der Waals surface area contributed by atoms with E-state index in [0.29, 0.717) is 5.92 Å². The fourth-order valence-corrected chi connectivity index (χ4v) is 1.84. The molecular formula is C15H24N2O. The van der Waals surface area contributed by atoms with Crippen molar-refractivity contribution in [2.24, 2.45) is 5.92 Å². The first kappa shape index (κ1) is 14.7. The van der Waals surface area contributed by atoms with Gasteiger partial charge in [-0.15, -0.1) is 0 Å². The van der Waals surface area contributed by atoms with Crippen molar-refractivity contribution < 1.29 is 4.79 Å². The number of carbonyl (C=O) groups is 1. The second-order valence-electron chi connectivity index (χ2n) is 4.73. The Hall–Kier alpha value is -1.35. The van der Waals surface area contributed by atoms with Crippen LogP contribution in [-0.2, 0) is 4.79 Å². The van der Waals surface area contributed by atoms with Crippen LogP contribution in [0.1, 0.15) is 38.3 Å². The van der Waals surface area contributed by atoms with Gasteiger partial charge in [-0.1, -0.05) is 50.6 Å². The first-order chi connectivity index (χ1) is 8.69. The molecule has 0 radical (unpaired) electrons. The van der Waals surface area contributed by atoms with Gasteiger partial charge < -0.3 is 10.6 Å². The minimum Gasteiger partial charge on any atom is -0.354 e. The van der Waals surface area contributed by atoms with Crippen molar-refractivity contribution in [3.8, 4) is 0 Å². The predicted molar refractivity (Wildman–Crippen MR) is 75.3 cm³/mol. The summed E-state index contributed by atoms with van der Waals surface area (Å²) in [5.41, 5.74) is 1.00. The molecule has 2 atom stereocenters. The van der Waals surface area contributed by atoms with Crippen LogP contribution in [-0.4, -0.2) is 19.5 Å². The molecule has 0 fully saturated rings. The van der Waals surface area contributed by atoms with E-state index in [9.17, 15) is 4.79 Å². The van der Waals surface area contributed by atoms with Crippen molar-refractivity contribution in [1.82, 2.24) is 10.6 Å². The molecule has 2 N–H and O–H groups in total. The van der Waals surface area contributed by atoms with Crippen LogP contribution >= 0.6 is 0 Å². The van der Waals surface area contributed by atoms with E-state index in [2.05, 4.69) is 24.5 Å². The second-order valence-corrected chi connectivity index (χ2v) is 4.73. The molecule has 0 aliphatic rings. The average Bonchev–Trinajstić information content (AvgIpc) is 2.40. The summed E-state index contributed by atoms with van der Waals surface area (Å²) in [6, 6.07) is 9.53. The predicted octanol–water partition coefficient (Wildman–Crippen LogP) is 2.50. The molecule has 0 aromatic heterocycles. The van der Waals surface area contributed by atoms with E-state index in [4.69, 9.17) is 0 Å². The number of hydrogen-bond donors (Lipinski definition) is 2. The van der Waals surface area contributed by atoms with Crippen molar-refractivity contribution in [2.45, 2.75) is 32.7 Å². The molecule has 1 amide bonds. The molecule has 3 nitrogen and oxygen atoms in total. The standard InChI is InChI=1S/C15H24N2O/c1-4-12(2)10-11-17-15(18)14(16-3)13-8-6-5-7-9-13/h5-9,12,14,16H,4,10-11H2,1-3H3,(H,17,18). The summed E-state index contributed by atoms with van der Waals surface area (Å²) in [6.07, 6.45) is 2.19. The molecule has 0 aliphatic carbocycles. The van der Waals surface area contributed by atoms with Crippen LogP contribution in [0.15, 0.2) is 30.3 Å². The summed E-state index contributed by atoms with van der Waals surface area (Å²) in [6.45, 7) is 5.13. The van der Waals surface area contributed by atoms with E-state index >= 15 is 0 Å². The second kappa shape index (κ2) is 7.88. The van der Waals surface area contributed by atoms with Crippen LogP contribution in [0.2, 0.25) is 0 Å². The van der Waals surface area contributed by atoms with Gasteiger partial charge in [0.1, 0.15) is 6.04 Å². The summed E-state index contributed by atoms with van der Waals surface area (Å²) in [5, 5.41) is 6.05. The lowest BCUT2D eigenvalue weighted by molar-refractivity contribution is -0.123. The molecule has 0 saturated carbocycles. The molecule has 2 unspecified atom stereocenters.